The average molecular weight is 514 g/mol. The molecular weight excluding hydrogens is 478 g/mol. The highest BCUT2D eigenvalue weighted by molar-refractivity contribution is 6.08. The number of benzene rings is 2. The number of hydrogen-bond donors (Lipinski definition) is 3. The van der Waals surface area contributed by atoms with E-state index in [1.165, 1.54) is 0 Å². The van der Waals surface area contributed by atoms with Crippen LogP contribution in [0.15, 0.2) is 48.5 Å². The number of nitrogens with zero attached hydrogens (tertiary/aromatic N) is 1. The number of carbonyl (C=O) groups is 4. The summed E-state index contributed by atoms with van der Waals surface area (Å²) in [5.74, 6) is -1.69. The van der Waals surface area contributed by atoms with E-state index in [1.807, 2.05) is 0 Å². The van der Waals surface area contributed by atoms with Crippen LogP contribution >= 0.6 is 0 Å². The maximum absolute atomic E-state index is 13.3. The molecule has 2 rings (SSSR count). The Morgan fingerprint density at radius 3 is 1.78 bits per heavy atom. The van der Waals surface area contributed by atoms with Crippen LogP contribution in [0.4, 0.5) is 15.3 Å². The van der Waals surface area contributed by atoms with Gasteiger partial charge in [0.05, 0.1) is 0 Å². The number of carbonyl (C=O) groups excluding carboxylic acids is 3. The van der Waals surface area contributed by atoms with E-state index >= 15 is 0 Å². The molecule has 0 aliphatic heterocycles. The third-order valence-electron chi connectivity index (χ3n) is 4.63. The summed E-state index contributed by atoms with van der Waals surface area (Å²) in [4.78, 5) is 49.7. The second-order valence-corrected chi connectivity index (χ2v) is 10.4. The number of carboxylic acid groups (broad SMARTS) is 1. The van der Waals surface area contributed by atoms with Crippen LogP contribution in [0.1, 0.15) is 63.0 Å². The zero-order chi connectivity index (χ0) is 27.8. The predicted octanol–water partition coefficient (Wildman–Crippen LogP) is 4.47. The van der Waals surface area contributed by atoms with E-state index in [1.54, 1.807) is 90.1 Å². The summed E-state index contributed by atoms with van der Waals surface area (Å²) in [6, 6.07) is 13.2. The summed E-state index contributed by atoms with van der Waals surface area (Å²) in [5.41, 5.74) is 0.782. The molecule has 200 valence electrons. The lowest BCUT2D eigenvalue weighted by Crippen LogP contribution is -2.36. The molecule has 10 heteroatoms. The smallest absolute Gasteiger partial charge is 0.407 e. The zero-order valence-electron chi connectivity index (χ0n) is 22.1. The molecule has 37 heavy (non-hydrogen) atoms. The lowest BCUT2D eigenvalue weighted by atomic mass is 10.1. The number of carboxylic acids is 1. The highest BCUT2D eigenvalue weighted by Gasteiger charge is 2.22. The van der Waals surface area contributed by atoms with Crippen molar-refractivity contribution in [1.29, 1.82) is 0 Å². The minimum atomic E-state index is -1.17. The lowest BCUT2D eigenvalue weighted by molar-refractivity contribution is -0.135. The largest absolute Gasteiger partial charge is 0.480 e. The number of amides is 3. The van der Waals surface area contributed by atoms with Gasteiger partial charge in [0.1, 0.15) is 17.7 Å². The van der Waals surface area contributed by atoms with Gasteiger partial charge < -0.3 is 25.2 Å². The fourth-order valence-electron chi connectivity index (χ4n) is 3.16. The Hall–Kier alpha value is -4.08. The normalized spacial score (nSPS) is 11.3. The minimum absolute atomic E-state index is 0.133. The Morgan fingerprint density at radius 2 is 1.30 bits per heavy atom. The number of aliphatic carboxylic acids is 1. The van der Waals surface area contributed by atoms with Gasteiger partial charge in [0.25, 0.3) is 5.91 Å². The molecule has 0 unspecified atom stereocenters. The molecule has 2 aromatic carbocycles. The van der Waals surface area contributed by atoms with Crippen molar-refractivity contribution in [2.75, 3.05) is 11.4 Å². The van der Waals surface area contributed by atoms with Crippen molar-refractivity contribution < 1.29 is 33.8 Å². The number of hydrogen-bond acceptors (Lipinski definition) is 6. The van der Waals surface area contributed by atoms with E-state index in [9.17, 15) is 24.3 Å². The van der Waals surface area contributed by atoms with Gasteiger partial charge in [-0.3, -0.25) is 14.5 Å². The van der Waals surface area contributed by atoms with Crippen LogP contribution in [0.25, 0.3) is 0 Å². The van der Waals surface area contributed by atoms with Crippen molar-refractivity contribution in [2.45, 2.75) is 65.8 Å². The van der Waals surface area contributed by atoms with Crippen LogP contribution in [-0.4, -0.2) is 46.9 Å². The molecule has 3 N–H and O–H groups in total. The summed E-state index contributed by atoms with van der Waals surface area (Å²) < 4.78 is 10.4. The van der Waals surface area contributed by atoms with E-state index in [0.717, 1.165) is 10.5 Å². The molecule has 10 nitrogen and oxygen atoms in total. The quantitative estimate of drug-likeness (QED) is 0.474. The molecule has 0 saturated heterocycles. The third kappa shape index (κ3) is 10.6. The van der Waals surface area contributed by atoms with Crippen molar-refractivity contribution in [3.05, 3.63) is 65.2 Å². The third-order valence-corrected chi connectivity index (χ3v) is 4.63. The highest BCUT2D eigenvalue weighted by Crippen LogP contribution is 2.19. The molecule has 0 atom stereocenters. The second-order valence-electron chi connectivity index (χ2n) is 10.4. The molecule has 0 saturated carbocycles. The number of ether oxygens (including phenoxy) is 2. The number of nitrogens with one attached hydrogen (secondary N) is 2. The molecule has 0 aliphatic rings. The molecule has 0 radical (unpaired) electrons. The van der Waals surface area contributed by atoms with Crippen LogP contribution < -0.4 is 15.5 Å². The van der Waals surface area contributed by atoms with Crippen LogP contribution in [-0.2, 0) is 27.4 Å². The molecular formula is C27H35N3O7. The Balaban J connectivity index is 2.12. The first-order valence-electron chi connectivity index (χ1n) is 11.8. The van der Waals surface area contributed by atoms with Gasteiger partial charge in [-0.15, -0.1) is 0 Å². The number of rotatable bonds is 8. The Labute approximate surface area is 216 Å². The molecule has 0 aliphatic carbocycles. The zero-order valence-corrected chi connectivity index (χ0v) is 22.1. The molecule has 0 fully saturated rings. The van der Waals surface area contributed by atoms with E-state index in [4.69, 9.17) is 9.47 Å². The van der Waals surface area contributed by atoms with Crippen molar-refractivity contribution in [1.82, 2.24) is 10.6 Å². The van der Waals surface area contributed by atoms with Crippen LogP contribution in [0, 0.1) is 0 Å². The number of anilines is 1. The second kappa shape index (κ2) is 12.2. The van der Waals surface area contributed by atoms with Gasteiger partial charge in [0.15, 0.2) is 0 Å². The fraction of sp³-hybridized carbons (Fsp3) is 0.407. The van der Waals surface area contributed by atoms with E-state index < -0.39 is 41.8 Å². The predicted molar refractivity (Wildman–Crippen MR) is 138 cm³/mol. The van der Waals surface area contributed by atoms with Crippen LogP contribution in [0.2, 0.25) is 0 Å². The summed E-state index contributed by atoms with van der Waals surface area (Å²) in [6.45, 7) is 10.4. The van der Waals surface area contributed by atoms with Gasteiger partial charge in [-0.2, -0.15) is 0 Å². The first-order valence-corrected chi connectivity index (χ1v) is 11.8. The Morgan fingerprint density at radius 1 is 0.784 bits per heavy atom. The average Bonchev–Trinajstić information content (AvgIpc) is 2.78. The summed E-state index contributed by atoms with van der Waals surface area (Å²) in [7, 11) is 0. The van der Waals surface area contributed by atoms with Gasteiger partial charge in [0, 0.05) is 24.3 Å². The standard InChI is InChI=1S/C27H35N3O7/c1-26(2,3)36-24(34)28-15-18-10-12-21(13-11-18)30(17-22(31)32)23(33)20-9-7-8-19(14-20)16-29-25(35)37-27(4,5)6/h7-14H,15-17H2,1-6H3,(H,28,34)(H,29,35)(H,31,32). The molecule has 2 aromatic rings. The molecule has 0 heterocycles. The summed E-state index contributed by atoms with van der Waals surface area (Å²) >= 11 is 0. The first kappa shape index (κ1) is 29.2. The highest BCUT2D eigenvalue weighted by atomic mass is 16.6. The van der Waals surface area contributed by atoms with Gasteiger partial charge in [-0.1, -0.05) is 24.3 Å². The summed E-state index contributed by atoms with van der Waals surface area (Å²) in [6.07, 6.45) is -1.14. The number of alkyl carbamates (subject to hydrolysis) is 2. The van der Waals surface area contributed by atoms with Crippen molar-refractivity contribution >= 4 is 29.8 Å². The Kier molecular flexibility index (Phi) is 9.65. The van der Waals surface area contributed by atoms with E-state index in [0.29, 0.717) is 11.3 Å². The molecule has 3 amide bonds. The monoisotopic (exact) mass is 513 g/mol. The molecule has 0 spiro atoms. The maximum Gasteiger partial charge on any atom is 0.407 e. The van der Waals surface area contributed by atoms with Crippen LogP contribution in [0.3, 0.4) is 0 Å². The first-order chi connectivity index (χ1) is 17.1. The topological polar surface area (TPSA) is 134 Å². The van der Waals surface area contributed by atoms with Crippen molar-refractivity contribution in [3.63, 3.8) is 0 Å². The lowest BCUT2D eigenvalue weighted by Gasteiger charge is -2.22. The SMILES string of the molecule is CC(C)(C)OC(=O)NCc1ccc(N(CC(=O)O)C(=O)c2cccc(CNC(=O)OC(C)(C)C)c2)cc1. The minimum Gasteiger partial charge on any atom is -0.480 e. The van der Waals surface area contributed by atoms with Crippen molar-refractivity contribution in [2.24, 2.45) is 0 Å². The van der Waals surface area contributed by atoms with E-state index in [-0.39, 0.29) is 18.7 Å². The molecule has 0 bridgehead atoms. The fourth-order valence-corrected chi connectivity index (χ4v) is 3.16. The maximum atomic E-state index is 13.3. The van der Waals surface area contributed by atoms with Crippen molar-refractivity contribution in [3.8, 4) is 0 Å². The van der Waals surface area contributed by atoms with Gasteiger partial charge in [-0.05, 0) is 76.9 Å². The van der Waals surface area contributed by atoms with E-state index in [2.05, 4.69) is 10.6 Å². The molecule has 0 aromatic heterocycles. The Bertz CT molecular complexity index is 1120. The summed E-state index contributed by atoms with van der Waals surface area (Å²) in [5, 5.41) is 14.7. The van der Waals surface area contributed by atoms with Gasteiger partial charge >= 0.3 is 18.2 Å². The van der Waals surface area contributed by atoms with Gasteiger partial charge in [-0.25, -0.2) is 9.59 Å². The van der Waals surface area contributed by atoms with Gasteiger partial charge in [0.2, 0.25) is 0 Å². The van der Waals surface area contributed by atoms with Crippen LogP contribution in [0.5, 0.6) is 0 Å².